The first kappa shape index (κ1) is 23.5. The van der Waals surface area contributed by atoms with Crippen molar-refractivity contribution in [2.75, 3.05) is 11.9 Å². The second-order valence-corrected chi connectivity index (χ2v) is 9.82. The molecule has 34 heavy (non-hydrogen) atoms. The smallest absolute Gasteiger partial charge is 0.341 e. The van der Waals surface area contributed by atoms with Crippen LogP contribution in [0.1, 0.15) is 25.8 Å². The summed E-state index contributed by atoms with van der Waals surface area (Å²) in [7, 11) is -3.80. The predicted molar refractivity (Wildman–Crippen MR) is 128 cm³/mol. The fourth-order valence-corrected chi connectivity index (χ4v) is 4.75. The number of nitrogens with zero attached hydrogens (tertiary/aromatic N) is 3. The summed E-state index contributed by atoms with van der Waals surface area (Å²) >= 11 is 0. The lowest BCUT2D eigenvalue weighted by Crippen LogP contribution is -2.32. The van der Waals surface area contributed by atoms with Gasteiger partial charge in [-0.15, -0.1) is 4.40 Å². The standard InChI is InChI=1S/C22H24N4O7S/c1-12(2)7-9-26-21-14(4-3-8-23-21)19(29)18(22(26)30)20-24-15-6-5-13(33-11-17(27)28)10-16(15)34(31,32)25-20/h3-6,8,10,12,29,31-32H,7,9,11H2,1-2H3,(H,24,25)(H,27,28). The van der Waals surface area contributed by atoms with Crippen LogP contribution in [0.2, 0.25) is 0 Å². The number of rotatable bonds is 7. The highest BCUT2D eigenvalue weighted by Gasteiger charge is 2.31. The summed E-state index contributed by atoms with van der Waals surface area (Å²) in [4.78, 5) is 28.4. The number of hydrogen-bond acceptors (Lipinski definition) is 9. The van der Waals surface area contributed by atoms with Gasteiger partial charge in [-0.2, -0.15) is 0 Å². The average molecular weight is 489 g/mol. The van der Waals surface area contributed by atoms with Crippen LogP contribution in [0.5, 0.6) is 11.5 Å². The third-order valence-corrected chi connectivity index (χ3v) is 6.61. The quantitative estimate of drug-likeness (QED) is 0.334. The molecule has 0 radical (unpaired) electrons. The molecule has 0 spiro atoms. The largest absolute Gasteiger partial charge is 0.506 e. The molecule has 0 saturated carbocycles. The number of anilines is 1. The van der Waals surface area contributed by atoms with E-state index in [4.69, 9.17) is 9.84 Å². The molecule has 0 aliphatic carbocycles. The summed E-state index contributed by atoms with van der Waals surface area (Å²) in [5, 5.41) is 23.0. The number of aliphatic carboxylic acids is 1. The number of carboxylic acids is 1. The van der Waals surface area contributed by atoms with Crippen LogP contribution >= 0.6 is 10.8 Å². The van der Waals surface area contributed by atoms with Gasteiger partial charge in [0.25, 0.3) is 5.56 Å². The van der Waals surface area contributed by atoms with Crippen molar-refractivity contribution in [3.8, 4) is 11.5 Å². The van der Waals surface area contributed by atoms with Gasteiger partial charge in [0.15, 0.2) is 12.4 Å². The molecule has 0 fully saturated rings. The molecule has 180 valence electrons. The van der Waals surface area contributed by atoms with E-state index in [0.29, 0.717) is 29.9 Å². The molecule has 0 amide bonds. The molecule has 0 bridgehead atoms. The first-order valence-electron chi connectivity index (χ1n) is 10.4. The Balaban J connectivity index is 1.83. The number of carbonyl (C=O) groups is 1. The summed E-state index contributed by atoms with van der Waals surface area (Å²) < 4.78 is 32.0. The highest BCUT2D eigenvalue weighted by atomic mass is 32.3. The number of aryl methyl sites for hydroxylation is 1. The number of fused-ring (bicyclic) bond motifs is 2. The summed E-state index contributed by atoms with van der Waals surface area (Å²) in [6, 6.07) is 7.41. The molecule has 4 rings (SSSR count). The molecule has 1 aliphatic heterocycles. The molecule has 3 aromatic rings. The molecule has 11 nitrogen and oxygen atoms in total. The van der Waals surface area contributed by atoms with Crippen LogP contribution in [0, 0.1) is 5.92 Å². The van der Waals surface area contributed by atoms with E-state index >= 15 is 0 Å². The zero-order chi connectivity index (χ0) is 24.6. The normalized spacial score (nSPS) is 15.4. The van der Waals surface area contributed by atoms with Gasteiger partial charge in [-0.3, -0.25) is 18.5 Å². The maximum atomic E-state index is 13.5. The lowest BCUT2D eigenvalue weighted by Gasteiger charge is -2.34. The maximum absolute atomic E-state index is 13.5. The molecule has 0 saturated heterocycles. The Morgan fingerprint density at radius 3 is 2.74 bits per heavy atom. The Morgan fingerprint density at radius 2 is 2.03 bits per heavy atom. The van der Waals surface area contributed by atoms with Gasteiger partial charge in [0.2, 0.25) is 0 Å². The highest BCUT2D eigenvalue weighted by Crippen LogP contribution is 2.56. The minimum atomic E-state index is -3.80. The van der Waals surface area contributed by atoms with E-state index in [1.807, 2.05) is 13.8 Å². The number of aromatic nitrogens is 2. The lowest BCUT2D eigenvalue weighted by molar-refractivity contribution is -0.139. The van der Waals surface area contributed by atoms with E-state index in [-0.39, 0.29) is 33.5 Å². The average Bonchev–Trinajstić information content (AvgIpc) is 2.77. The number of aromatic hydroxyl groups is 1. The Hall–Kier alpha value is -3.61. The number of nitrogens with one attached hydrogen (secondary N) is 1. The molecule has 1 aromatic carbocycles. The van der Waals surface area contributed by atoms with Crippen LogP contribution in [0.25, 0.3) is 11.0 Å². The number of benzene rings is 1. The third-order valence-electron chi connectivity index (χ3n) is 5.24. The van der Waals surface area contributed by atoms with Crippen molar-refractivity contribution in [1.82, 2.24) is 9.55 Å². The SMILES string of the molecule is CC(C)CCn1c(=O)c(C2=NS(O)(O)c3cc(OCC(=O)O)ccc3N2)c(O)c2cccnc21. The zero-order valence-corrected chi connectivity index (χ0v) is 19.2. The number of amidine groups is 1. The van der Waals surface area contributed by atoms with Gasteiger partial charge in [-0.05, 0) is 36.6 Å². The predicted octanol–water partition coefficient (Wildman–Crippen LogP) is 3.51. The van der Waals surface area contributed by atoms with Crippen LogP contribution in [-0.2, 0) is 11.3 Å². The molecular formula is C22H24N4O7S. The van der Waals surface area contributed by atoms with E-state index in [1.165, 1.54) is 29.0 Å². The molecule has 12 heteroatoms. The molecule has 0 unspecified atom stereocenters. The number of carboxylic acid groups (broad SMARTS) is 1. The van der Waals surface area contributed by atoms with Gasteiger partial charge < -0.3 is 20.3 Å². The van der Waals surface area contributed by atoms with Crippen LogP contribution in [-0.4, -0.2) is 47.3 Å². The number of pyridine rings is 2. The highest BCUT2D eigenvalue weighted by molar-refractivity contribution is 8.23. The van der Waals surface area contributed by atoms with Crippen molar-refractivity contribution in [2.45, 2.75) is 31.7 Å². The first-order chi connectivity index (χ1) is 16.1. The van der Waals surface area contributed by atoms with Gasteiger partial charge in [-0.25, -0.2) is 9.78 Å². The van der Waals surface area contributed by atoms with Crippen molar-refractivity contribution in [1.29, 1.82) is 0 Å². The summed E-state index contributed by atoms with van der Waals surface area (Å²) in [6.07, 6.45) is 2.22. The zero-order valence-electron chi connectivity index (χ0n) is 18.4. The fourth-order valence-electron chi connectivity index (χ4n) is 3.57. The van der Waals surface area contributed by atoms with Gasteiger partial charge in [0.1, 0.15) is 27.6 Å². The summed E-state index contributed by atoms with van der Waals surface area (Å²) in [5.74, 6) is -1.34. The van der Waals surface area contributed by atoms with Crippen molar-refractivity contribution in [3.05, 3.63) is 52.4 Å². The maximum Gasteiger partial charge on any atom is 0.341 e. The molecule has 2 aromatic heterocycles. The van der Waals surface area contributed by atoms with E-state index < -0.39 is 28.9 Å². The monoisotopic (exact) mass is 488 g/mol. The van der Waals surface area contributed by atoms with E-state index in [2.05, 4.69) is 14.7 Å². The van der Waals surface area contributed by atoms with Crippen LogP contribution in [0.4, 0.5) is 5.69 Å². The van der Waals surface area contributed by atoms with E-state index in [9.17, 15) is 23.8 Å². The van der Waals surface area contributed by atoms with Gasteiger partial charge in [0.05, 0.1) is 11.1 Å². The summed E-state index contributed by atoms with van der Waals surface area (Å²) in [6.45, 7) is 3.79. The molecular weight excluding hydrogens is 464 g/mol. The molecule has 5 N–H and O–H groups in total. The minimum Gasteiger partial charge on any atom is -0.506 e. The fraction of sp³-hybridized carbons (Fsp3) is 0.273. The Morgan fingerprint density at radius 1 is 1.26 bits per heavy atom. The van der Waals surface area contributed by atoms with Gasteiger partial charge in [-0.1, -0.05) is 24.6 Å². The van der Waals surface area contributed by atoms with Crippen LogP contribution in [0.15, 0.2) is 50.6 Å². The topological polar surface area (TPSA) is 166 Å². The Labute approximate surface area is 195 Å². The third kappa shape index (κ3) is 4.42. The van der Waals surface area contributed by atoms with Gasteiger partial charge in [0, 0.05) is 18.8 Å². The molecule has 3 heterocycles. The minimum absolute atomic E-state index is 0.0267. The second kappa shape index (κ2) is 8.97. The first-order valence-corrected chi connectivity index (χ1v) is 11.9. The van der Waals surface area contributed by atoms with Crippen molar-refractivity contribution >= 4 is 39.3 Å². The summed E-state index contributed by atoms with van der Waals surface area (Å²) in [5.41, 5.74) is -0.235. The van der Waals surface area contributed by atoms with E-state index in [1.54, 1.807) is 12.1 Å². The van der Waals surface area contributed by atoms with Crippen molar-refractivity contribution < 1.29 is 28.8 Å². The van der Waals surface area contributed by atoms with Crippen LogP contribution < -0.4 is 15.6 Å². The Kier molecular flexibility index (Phi) is 6.21. The van der Waals surface area contributed by atoms with E-state index in [0.717, 1.165) is 0 Å². The lowest BCUT2D eigenvalue weighted by atomic mass is 10.1. The second-order valence-electron chi connectivity index (χ2n) is 8.16. The van der Waals surface area contributed by atoms with Gasteiger partial charge >= 0.3 is 5.97 Å². The van der Waals surface area contributed by atoms with Crippen LogP contribution in [0.3, 0.4) is 0 Å². The van der Waals surface area contributed by atoms with Crippen molar-refractivity contribution in [3.63, 3.8) is 0 Å². The molecule has 0 atom stereocenters. The Bertz CT molecular complexity index is 1370. The number of ether oxygens (including phenoxy) is 1. The number of hydrogen-bond donors (Lipinski definition) is 5. The molecule has 1 aliphatic rings. The van der Waals surface area contributed by atoms with Crippen molar-refractivity contribution in [2.24, 2.45) is 10.3 Å².